The number of aliphatic hydroxyl groups excluding tert-OH is 1. The van der Waals surface area contributed by atoms with E-state index < -0.39 is 0 Å². The Hall–Kier alpha value is -0.860. The van der Waals surface area contributed by atoms with E-state index in [1.165, 1.54) is 24.8 Å². The second kappa shape index (κ2) is 6.91. The first-order valence-corrected chi connectivity index (χ1v) is 7.17. The van der Waals surface area contributed by atoms with Crippen LogP contribution in [-0.2, 0) is 4.74 Å². The lowest BCUT2D eigenvalue weighted by atomic mass is 9.77. The van der Waals surface area contributed by atoms with Crippen LogP contribution in [0.1, 0.15) is 62.2 Å². The summed E-state index contributed by atoms with van der Waals surface area (Å²) in [5, 5.41) is 10.3. The van der Waals surface area contributed by atoms with Crippen LogP contribution >= 0.6 is 0 Å². The van der Waals surface area contributed by atoms with Crippen molar-refractivity contribution in [3.05, 3.63) is 35.4 Å². The number of benzene rings is 1. The molecule has 0 aromatic heterocycles. The van der Waals surface area contributed by atoms with E-state index >= 15 is 0 Å². The fourth-order valence-corrected chi connectivity index (χ4v) is 2.50. The first kappa shape index (κ1) is 13.6. The lowest BCUT2D eigenvalue weighted by molar-refractivity contribution is 0.0814. The largest absolute Gasteiger partial charge is 0.388 e. The number of hydrogen-bond donors (Lipinski definition) is 1. The zero-order chi connectivity index (χ0) is 12.8. The first-order chi connectivity index (χ1) is 8.83. The second-order valence-corrected chi connectivity index (χ2v) is 5.17. The van der Waals surface area contributed by atoms with Crippen LogP contribution in [0.4, 0.5) is 0 Å². The Morgan fingerprint density at radius 1 is 1.28 bits per heavy atom. The molecule has 2 rings (SSSR count). The van der Waals surface area contributed by atoms with Crippen LogP contribution < -0.4 is 0 Å². The molecule has 1 saturated carbocycles. The van der Waals surface area contributed by atoms with Crippen LogP contribution in [-0.4, -0.2) is 18.3 Å². The monoisotopic (exact) mass is 248 g/mol. The van der Waals surface area contributed by atoms with E-state index in [0.29, 0.717) is 18.9 Å². The normalized spacial score (nSPS) is 17.4. The van der Waals surface area contributed by atoms with E-state index in [1.54, 1.807) is 0 Å². The summed E-state index contributed by atoms with van der Waals surface area (Å²) in [6.45, 7) is 3.54. The molecular weight excluding hydrogens is 224 g/mol. The van der Waals surface area contributed by atoms with E-state index in [9.17, 15) is 5.11 Å². The van der Waals surface area contributed by atoms with Gasteiger partial charge in [0.05, 0.1) is 6.10 Å². The highest BCUT2D eigenvalue weighted by molar-refractivity contribution is 5.33. The smallest absolute Gasteiger partial charge is 0.0814 e. The molecule has 0 amide bonds. The molecule has 2 nitrogen and oxygen atoms in total. The highest BCUT2D eigenvalue weighted by atomic mass is 16.5. The van der Waals surface area contributed by atoms with Crippen molar-refractivity contribution in [3.63, 3.8) is 0 Å². The molecule has 0 heterocycles. The number of rotatable bonds is 7. The molecule has 18 heavy (non-hydrogen) atoms. The van der Waals surface area contributed by atoms with Gasteiger partial charge in [0.25, 0.3) is 0 Å². The van der Waals surface area contributed by atoms with Crippen LogP contribution in [0.2, 0.25) is 0 Å². The van der Waals surface area contributed by atoms with Gasteiger partial charge in [-0.3, -0.25) is 0 Å². The van der Waals surface area contributed by atoms with Gasteiger partial charge in [-0.2, -0.15) is 0 Å². The molecule has 1 fully saturated rings. The van der Waals surface area contributed by atoms with Gasteiger partial charge in [-0.25, -0.2) is 0 Å². The van der Waals surface area contributed by atoms with Crippen LogP contribution in [0, 0.1) is 0 Å². The lowest BCUT2D eigenvalue weighted by Crippen LogP contribution is -2.14. The average molecular weight is 248 g/mol. The fraction of sp³-hybridized carbons (Fsp3) is 0.625. The summed E-state index contributed by atoms with van der Waals surface area (Å²) in [5.74, 6) is 0.674. The lowest BCUT2D eigenvalue weighted by Gasteiger charge is -2.29. The summed E-state index contributed by atoms with van der Waals surface area (Å²) in [6.07, 6.45) is 5.23. The minimum Gasteiger partial charge on any atom is -0.388 e. The van der Waals surface area contributed by atoms with Gasteiger partial charge in [0.2, 0.25) is 0 Å². The van der Waals surface area contributed by atoms with Crippen molar-refractivity contribution >= 4 is 0 Å². The third kappa shape index (κ3) is 3.33. The Balaban J connectivity index is 1.93. The average Bonchev–Trinajstić information content (AvgIpc) is 2.33. The maximum atomic E-state index is 10.3. The molecule has 2 heteroatoms. The zero-order valence-corrected chi connectivity index (χ0v) is 11.3. The third-order valence-corrected chi connectivity index (χ3v) is 3.78. The minimum absolute atomic E-state index is 0.376. The van der Waals surface area contributed by atoms with Crippen molar-refractivity contribution in [1.82, 2.24) is 0 Å². The molecule has 0 saturated heterocycles. The first-order valence-electron chi connectivity index (χ1n) is 7.17. The van der Waals surface area contributed by atoms with E-state index in [4.69, 9.17) is 4.74 Å². The summed E-state index contributed by atoms with van der Waals surface area (Å²) in [6, 6.07) is 8.35. The molecule has 1 aliphatic carbocycles. The van der Waals surface area contributed by atoms with Crippen LogP contribution in [0.15, 0.2) is 24.3 Å². The molecule has 1 aromatic carbocycles. The highest BCUT2D eigenvalue weighted by Gasteiger charge is 2.23. The van der Waals surface area contributed by atoms with Crippen molar-refractivity contribution in [1.29, 1.82) is 0 Å². The highest BCUT2D eigenvalue weighted by Crippen LogP contribution is 2.39. The molecule has 0 aliphatic heterocycles. The van der Waals surface area contributed by atoms with Crippen molar-refractivity contribution < 1.29 is 9.84 Å². The standard InChI is InChI=1S/C16H24O2/c1-2-11-18-12-10-16(17)15-9-4-3-8-14(15)13-6-5-7-13/h3-4,8-9,13,16-17H,2,5-7,10-12H2,1H3. The van der Waals surface area contributed by atoms with Gasteiger partial charge in [-0.05, 0) is 36.3 Å². The quantitative estimate of drug-likeness (QED) is 0.744. The van der Waals surface area contributed by atoms with Gasteiger partial charge < -0.3 is 9.84 Å². The van der Waals surface area contributed by atoms with Gasteiger partial charge in [0.15, 0.2) is 0 Å². The van der Waals surface area contributed by atoms with Gasteiger partial charge in [-0.1, -0.05) is 37.6 Å². The predicted octanol–water partition coefficient (Wildman–Crippen LogP) is 3.80. The van der Waals surface area contributed by atoms with Gasteiger partial charge in [0, 0.05) is 19.6 Å². The maximum Gasteiger partial charge on any atom is 0.0814 e. The molecule has 0 radical (unpaired) electrons. The van der Waals surface area contributed by atoms with Crippen LogP contribution in [0.3, 0.4) is 0 Å². The topological polar surface area (TPSA) is 29.5 Å². The van der Waals surface area contributed by atoms with Crippen molar-refractivity contribution in [2.75, 3.05) is 13.2 Å². The van der Waals surface area contributed by atoms with Crippen molar-refractivity contribution in [3.8, 4) is 0 Å². The number of ether oxygens (including phenoxy) is 1. The SMILES string of the molecule is CCCOCCC(O)c1ccccc1C1CCC1. The summed E-state index contributed by atoms with van der Waals surface area (Å²) >= 11 is 0. The van der Waals surface area contributed by atoms with Crippen molar-refractivity contribution in [2.24, 2.45) is 0 Å². The molecule has 1 aliphatic rings. The summed E-state index contributed by atoms with van der Waals surface area (Å²) in [5.41, 5.74) is 2.47. The maximum absolute atomic E-state index is 10.3. The molecule has 1 N–H and O–H groups in total. The Bertz CT molecular complexity index is 358. The molecule has 0 bridgehead atoms. The minimum atomic E-state index is -0.376. The van der Waals surface area contributed by atoms with Gasteiger partial charge >= 0.3 is 0 Å². The van der Waals surface area contributed by atoms with E-state index in [1.807, 2.05) is 6.07 Å². The van der Waals surface area contributed by atoms with Crippen LogP contribution in [0.5, 0.6) is 0 Å². The molecule has 1 aromatic rings. The van der Waals surface area contributed by atoms with Gasteiger partial charge in [-0.15, -0.1) is 0 Å². The predicted molar refractivity (Wildman–Crippen MR) is 73.7 cm³/mol. The van der Waals surface area contributed by atoms with Gasteiger partial charge in [0.1, 0.15) is 0 Å². The Morgan fingerprint density at radius 3 is 2.72 bits per heavy atom. The Morgan fingerprint density at radius 2 is 2.06 bits per heavy atom. The number of aliphatic hydroxyl groups is 1. The number of hydrogen-bond acceptors (Lipinski definition) is 2. The summed E-state index contributed by atoms with van der Waals surface area (Å²) in [7, 11) is 0. The van der Waals surface area contributed by atoms with Crippen molar-refractivity contribution in [2.45, 2.75) is 51.0 Å². The second-order valence-electron chi connectivity index (χ2n) is 5.17. The van der Waals surface area contributed by atoms with E-state index in [-0.39, 0.29) is 6.10 Å². The summed E-state index contributed by atoms with van der Waals surface area (Å²) < 4.78 is 5.46. The molecule has 0 spiro atoms. The molecule has 1 unspecified atom stereocenters. The molecular formula is C16H24O2. The summed E-state index contributed by atoms with van der Waals surface area (Å²) in [4.78, 5) is 0. The van der Waals surface area contributed by atoms with E-state index in [0.717, 1.165) is 18.6 Å². The zero-order valence-electron chi connectivity index (χ0n) is 11.3. The third-order valence-electron chi connectivity index (χ3n) is 3.78. The fourth-order valence-electron chi connectivity index (χ4n) is 2.50. The molecule has 100 valence electrons. The Kier molecular flexibility index (Phi) is 5.21. The molecule has 1 atom stereocenters. The Labute approximate surface area is 110 Å². The van der Waals surface area contributed by atoms with E-state index in [2.05, 4.69) is 25.1 Å². The van der Waals surface area contributed by atoms with Crippen LogP contribution in [0.25, 0.3) is 0 Å².